The third-order valence-electron chi connectivity index (χ3n) is 3.51. The molecule has 0 aromatic carbocycles. The molecule has 4 unspecified atom stereocenters. The molecule has 0 aliphatic carbocycles. The summed E-state index contributed by atoms with van der Waals surface area (Å²) in [5, 5.41) is 8.96. The van der Waals surface area contributed by atoms with Gasteiger partial charge in [-0.3, -0.25) is 0 Å². The fourth-order valence-electron chi connectivity index (χ4n) is 1.85. The minimum Gasteiger partial charge on any atom is -0.396 e. The molecule has 0 aliphatic rings. The van der Waals surface area contributed by atoms with Crippen molar-refractivity contribution in [3.8, 4) is 0 Å². The Morgan fingerprint density at radius 1 is 0.938 bits per heavy atom. The number of aliphatic hydroxyl groups is 1. The van der Waals surface area contributed by atoms with E-state index in [4.69, 9.17) is 9.84 Å². The largest absolute Gasteiger partial charge is 0.396 e. The molecule has 16 heavy (non-hydrogen) atoms. The normalized spacial score (nSPS) is 19.1. The number of rotatable bonds is 9. The molecule has 0 spiro atoms. The summed E-state index contributed by atoms with van der Waals surface area (Å²) in [5.41, 5.74) is 0. The van der Waals surface area contributed by atoms with Crippen molar-refractivity contribution >= 4 is 0 Å². The summed E-state index contributed by atoms with van der Waals surface area (Å²) in [6, 6.07) is 0. The van der Waals surface area contributed by atoms with Crippen LogP contribution in [0.1, 0.15) is 47.5 Å². The van der Waals surface area contributed by atoms with Gasteiger partial charge in [0.05, 0.1) is 0 Å². The molecule has 2 heteroatoms. The van der Waals surface area contributed by atoms with E-state index in [0.717, 1.165) is 25.6 Å². The third kappa shape index (κ3) is 7.24. The molecule has 0 saturated heterocycles. The summed E-state index contributed by atoms with van der Waals surface area (Å²) in [6.45, 7) is 13.0. The van der Waals surface area contributed by atoms with Crippen molar-refractivity contribution in [2.75, 3.05) is 19.8 Å². The van der Waals surface area contributed by atoms with E-state index in [2.05, 4.69) is 34.6 Å². The van der Waals surface area contributed by atoms with Gasteiger partial charge < -0.3 is 9.84 Å². The van der Waals surface area contributed by atoms with E-state index in [0.29, 0.717) is 17.8 Å². The lowest BCUT2D eigenvalue weighted by Gasteiger charge is -2.20. The Kier molecular flexibility index (Phi) is 8.96. The van der Waals surface area contributed by atoms with Gasteiger partial charge in [-0.15, -0.1) is 0 Å². The molecular weight excluding hydrogens is 200 g/mol. The number of ether oxygens (including phenoxy) is 1. The fourth-order valence-corrected chi connectivity index (χ4v) is 1.85. The minimum atomic E-state index is 0.285. The Labute approximate surface area is 101 Å². The quantitative estimate of drug-likeness (QED) is 0.658. The van der Waals surface area contributed by atoms with E-state index in [1.807, 2.05) is 0 Å². The maximum atomic E-state index is 8.96. The molecule has 1 N–H and O–H groups in total. The van der Waals surface area contributed by atoms with Crippen molar-refractivity contribution in [1.29, 1.82) is 0 Å². The molecule has 0 aromatic rings. The van der Waals surface area contributed by atoms with Gasteiger partial charge in [-0.1, -0.05) is 41.0 Å². The van der Waals surface area contributed by atoms with Crippen LogP contribution in [0.25, 0.3) is 0 Å². The van der Waals surface area contributed by atoms with Crippen molar-refractivity contribution < 1.29 is 9.84 Å². The molecule has 2 nitrogen and oxygen atoms in total. The Balaban J connectivity index is 3.57. The molecule has 0 bridgehead atoms. The molecule has 0 fully saturated rings. The highest BCUT2D eigenvalue weighted by atomic mass is 16.5. The van der Waals surface area contributed by atoms with Crippen molar-refractivity contribution in [1.82, 2.24) is 0 Å². The second-order valence-corrected chi connectivity index (χ2v) is 5.53. The molecule has 0 heterocycles. The van der Waals surface area contributed by atoms with Crippen LogP contribution >= 0.6 is 0 Å². The first-order chi connectivity index (χ1) is 7.51. The Bertz CT molecular complexity index is 159. The molecule has 0 aromatic heterocycles. The zero-order valence-corrected chi connectivity index (χ0v) is 11.7. The average Bonchev–Trinajstić information content (AvgIpc) is 2.27. The first kappa shape index (κ1) is 15.9. The van der Waals surface area contributed by atoms with Gasteiger partial charge in [0.1, 0.15) is 0 Å². The summed E-state index contributed by atoms with van der Waals surface area (Å²) < 4.78 is 5.74. The number of hydrogen-bond acceptors (Lipinski definition) is 2. The Hall–Kier alpha value is -0.0800. The van der Waals surface area contributed by atoms with Gasteiger partial charge in [0.2, 0.25) is 0 Å². The van der Waals surface area contributed by atoms with E-state index < -0.39 is 0 Å². The summed E-state index contributed by atoms with van der Waals surface area (Å²) >= 11 is 0. The van der Waals surface area contributed by atoms with Crippen LogP contribution < -0.4 is 0 Å². The predicted molar refractivity (Wildman–Crippen MR) is 69.5 cm³/mol. The van der Waals surface area contributed by atoms with Crippen LogP contribution in [0, 0.1) is 23.7 Å². The smallest absolute Gasteiger partial charge is 0.0494 e. The predicted octanol–water partition coefficient (Wildman–Crippen LogP) is 3.34. The third-order valence-corrected chi connectivity index (χ3v) is 3.51. The van der Waals surface area contributed by atoms with E-state index in [1.54, 1.807) is 0 Å². The van der Waals surface area contributed by atoms with Crippen LogP contribution in [0.3, 0.4) is 0 Å². The van der Waals surface area contributed by atoms with E-state index >= 15 is 0 Å². The second kappa shape index (κ2) is 9.00. The molecule has 0 saturated carbocycles. The van der Waals surface area contributed by atoms with Crippen LogP contribution in [0.2, 0.25) is 0 Å². The second-order valence-electron chi connectivity index (χ2n) is 5.53. The topological polar surface area (TPSA) is 29.5 Å². The highest BCUT2D eigenvalue weighted by molar-refractivity contribution is 4.61. The molecule has 0 amide bonds. The Morgan fingerprint density at radius 2 is 1.56 bits per heavy atom. The zero-order chi connectivity index (χ0) is 12.6. The van der Waals surface area contributed by atoms with Gasteiger partial charge in [0.15, 0.2) is 0 Å². The van der Waals surface area contributed by atoms with Crippen LogP contribution in [-0.2, 0) is 4.74 Å². The molecule has 4 atom stereocenters. The maximum Gasteiger partial charge on any atom is 0.0494 e. The highest BCUT2D eigenvalue weighted by Crippen LogP contribution is 2.16. The van der Waals surface area contributed by atoms with Crippen LogP contribution in [0.4, 0.5) is 0 Å². The standard InChI is InChI=1S/C14H30O2/c1-6-13(4)14(5)10-16-9-12(3)7-11(2)8-15/h11-15H,6-10H2,1-5H3. The van der Waals surface area contributed by atoms with E-state index in [-0.39, 0.29) is 6.61 Å². The van der Waals surface area contributed by atoms with Gasteiger partial charge in [0, 0.05) is 19.8 Å². The van der Waals surface area contributed by atoms with Crippen molar-refractivity contribution in [2.24, 2.45) is 23.7 Å². The monoisotopic (exact) mass is 230 g/mol. The molecule has 0 aliphatic heterocycles. The maximum absolute atomic E-state index is 8.96. The Morgan fingerprint density at radius 3 is 2.06 bits per heavy atom. The summed E-state index contributed by atoms with van der Waals surface area (Å²) in [7, 11) is 0. The number of hydrogen-bond donors (Lipinski definition) is 1. The van der Waals surface area contributed by atoms with E-state index in [1.165, 1.54) is 6.42 Å². The first-order valence-corrected chi connectivity index (χ1v) is 6.69. The molecule has 98 valence electrons. The van der Waals surface area contributed by atoms with Crippen molar-refractivity contribution in [3.63, 3.8) is 0 Å². The lowest BCUT2D eigenvalue weighted by atomic mass is 9.94. The zero-order valence-electron chi connectivity index (χ0n) is 11.7. The summed E-state index contributed by atoms with van der Waals surface area (Å²) in [4.78, 5) is 0. The van der Waals surface area contributed by atoms with Crippen LogP contribution in [0.5, 0.6) is 0 Å². The van der Waals surface area contributed by atoms with Crippen LogP contribution in [-0.4, -0.2) is 24.9 Å². The van der Waals surface area contributed by atoms with Crippen LogP contribution in [0.15, 0.2) is 0 Å². The van der Waals surface area contributed by atoms with Gasteiger partial charge in [-0.05, 0) is 30.1 Å². The van der Waals surface area contributed by atoms with Crippen molar-refractivity contribution in [2.45, 2.75) is 47.5 Å². The lowest BCUT2D eigenvalue weighted by molar-refractivity contribution is 0.0565. The summed E-state index contributed by atoms with van der Waals surface area (Å²) in [5.74, 6) is 2.33. The van der Waals surface area contributed by atoms with E-state index in [9.17, 15) is 0 Å². The molecule has 0 radical (unpaired) electrons. The highest BCUT2D eigenvalue weighted by Gasteiger charge is 2.12. The summed E-state index contributed by atoms with van der Waals surface area (Å²) in [6.07, 6.45) is 2.27. The van der Waals surface area contributed by atoms with Gasteiger partial charge >= 0.3 is 0 Å². The minimum absolute atomic E-state index is 0.285. The lowest BCUT2D eigenvalue weighted by Crippen LogP contribution is -2.18. The molecule has 0 rings (SSSR count). The molecular formula is C14H30O2. The SMILES string of the molecule is CCC(C)C(C)COCC(C)CC(C)CO. The fraction of sp³-hybridized carbons (Fsp3) is 1.00. The van der Waals surface area contributed by atoms with Crippen molar-refractivity contribution in [3.05, 3.63) is 0 Å². The first-order valence-electron chi connectivity index (χ1n) is 6.69. The van der Waals surface area contributed by atoms with Gasteiger partial charge in [-0.25, -0.2) is 0 Å². The van der Waals surface area contributed by atoms with Gasteiger partial charge in [0.25, 0.3) is 0 Å². The average molecular weight is 230 g/mol. The van der Waals surface area contributed by atoms with Gasteiger partial charge in [-0.2, -0.15) is 0 Å². The number of aliphatic hydroxyl groups excluding tert-OH is 1.